The molecule has 5 nitrogen and oxygen atoms in total. The number of piperidine rings is 1. The molecular weight excluding hydrogens is 348 g/mol. The average molecular weight is 374 g/mol. The van der Waals surface area contributed by atoms with Gasteiger partial charge in [0.25, 0.3) is 0 Å². The van der Waals surface area contributed by atoms with Crippen molar-refractivity contribution in [1.29, 1.82) is 0 Å². The van der Waals surface area contributed by atoms with Crippen molar-refractivity contribution in [3.05, 3.63) is 84.4 Å². The minimum absolute atomic E-state index is 0.135. The second-order valence-electron chi connectivity index (χ2n) is 7.70. The maximum absolute atomic E-state index is 13.2. The predicted octanol–water partition coefficient (Wildman–Crippen LogP) is 3.52. The molecule has 2 heterocycles. The molecular formula is C23H26N4O. The normalized spacial score (nSPS) is 17.2. The maximum atomic E-state index is 13.2. The molecule has 1 amide bonds. The van der Waals surface area contributed by atoms with E-state index < -0.39 is 0 Å². The van der Waals surface area contributed by atoms with Crippen LogP contribution in [0.1, 0.15) is 30.9 Å². The third-order valence-corrected chi connectivity index (χ3v) is 5.81. The zero-order valence-electron chi connectivity index (χ0n) is 16.2. The molecule has 2 aromatic carbocycles. The van der Waals surface area contributed by atoms with Crippen LogP contribution in [0.3, 0.4) is 0 Å². The summed E-state index contributed by atoms with van der Waals surface area (Å²) in [7, 11) is 0. The fraction of sp³-hybridized carbons (Fsp3) is 0.348. The lowest BCUT2D eigenvalue weighted by Crippen LogP contribution is -2.50. The topological polar surface area (TPSA) is 51.0 Å². The van der Waals surface area contributed by atoms with E-state index in [0.29, 0.717) is 13.1 Å². The molecule has 1 aliphatic rings. The van der Waals surface area contributed by atoms with Gasteiger partial charge in [-0.3, -0.25) is 9.48 Å². The molecule has 1 aliphatic heterocycles. The summed E-state index contributed by atoms with van der Waals surface area (Å²) >= 11 is 0. The maximum Gasteiger partial charge on any atom is 0.227 e. The van der Waals surface area contributed by atoms with Crippen molar-refractivity contribution in [2.24, 2.45) is 5.92 Å². The quantitative estimate of drug-likeness (QED) is 0.687. The molecule has 0 aliphatic carbocycles. The fourth-order valence-corrected chi connectivity index (χ4v) is 4.39. The van der Waals surface area contributed by atoms with Gasteiger partial charge in [-0.05, 0) is 24.0 Å². The van der Waals surface area contributed by atoms with Crippen molar-refractivity contribution in [2.75, 3.05) is 13.1 Å². The number of hydrogen-bond acceptors (Lipinski definition) is 3. The molecule has 0 saturated carbocycles. The fourth-order valence-electron chi connectivity index (χ4n) is 4.39. The van der Waals surface area contributed by atoms with Crippen LogP contribution in [-0.4, -0.2) is 38.7 Å². The van der Waals surface area contributed by atoms with Gasteiger partial charge in [-0.2, -0.15) is 5.10 Å². The Morgan fingerprint density at radius 1 is 1.07 bits per heavy atom. The van der Waals surface area contributed by atoms with Gasteiger partial charge >= 0.3 is 0 Å². The minimum Gasteiger partial charge on any atom is -0.341 e. The Morgan fingerprint density at radius 3 is 2.29 bits per heavy atom. The SMILES string of the molecule is C[C@H](Cn1cncn1)C(=O)N1CCCC(c2ccccc2)(c2ccccc2)C1. The lowest BCUT2D eigenvalue weighted by Gasteiger charge is -2.44. The van der Waals surface area contributed by atoms with Crippen LogP contribution in [0.25, 0.3) is 0 Å². The average Bonchev–Trinajstić information content (AvgIpc) is 3.27. The van der Waals surface area contributed by atoms with Gasteiger partial charge in [-0.15, -0.1) is 0 Å². The number of benzene rings is 2. The Labute approximate surface area is 166 Å². The molecule has 1 fully saturated rings. The molecule has 28 heavy (non-hydrogen) atoms. The standard InChI is InChI=1S/C23H26N4O/c1-19(15-27-18-24-17-25-27)22(28)26-14-8-13-23(16-26,20-9-4-2-5-10-20)21-11-6-3-7-12-21/h2-7,9-12,17-19H,8,13-16H2,1H3/t19-/m1/s1. The second kappa shape index (κ2) is 7.97. The molecule has 4 rings (SSSR count). The van der Waals surface area contributed by atoms with E-state index in [9.17, 15) is 4.79 Å². The lowest BCUT2D eigenvalue weighted by atomic mass is 9.69. The molecule has 5 heteroatoms. The van der Waals surface area contributed by atoms with Gasteiger partial charge in [0.2, 0.25) is 5.91 Å². The second-order valence-corrected chi connectivity index (χ2v) is 7.70. The summed E-state index contributed by atoms with van der Waals surface area (Å²) in [6.07, 6.45) is 5.21. The summed E-state index contributed by atoms with van der Waals surface area (Å²) in [5.74, 6) is 0.0514. The summed E-state index contributed by atoms with van der Waals surface area (Å²) in [6.45, 7) is 4.05. The van der Waals surface area contributed by atoms with E-state index in [2.05, 4.69) is 58.6 Å². The lowest BCUT2D eigenvalue weighted by molar-refractivity contribution is -0.137. The molecule has 1 atom stereocenters. The van der Waals surface area contributed by atoms with Gasteiger partial charge in [-0.1, -0.05) is 67.6 Å². The first-order chi connectivity index (χ1) is 13.7. The number of likely N-dealkylation sites (tertiary alicyclic amines) is 1. The highest BCUT2D eigenvalue weighted by Gasteiger charge is 2.40. The van der Waals surface area contributed by atoms with E-state index in [1.807, 2.05) is 24.0 Å². The summed E-state index contributed by atoms with van der Waals surface area (Å²) in [4.78, 5) is 19.3. The summed E-state index contributed by atoms with van der Waals surface area (Å²) in [6, 6.07) is 21.2. The molecule has 3 aromatic rings. The molecule has 0 radical (unpaired) electrons. The van der Waals surface area contributed by atoms with Crippen LogP contribution in [0.4, 0.5) is 0 Å². The van der Waals surface area contributed by atoms with E-state index >= 15 is 0 Å². The van der Waals surface area contributed by atoms with Gasteiger partial charge in [0, 0.05) is 18.5 Å². The van der Waals surface area contributed by atoms with E-state index in [1.165, 1.54) is 17.5 Å². The molecule has 0 spiro atoms. The summed E-state index contributed by atoms with van der Waals surface area (Å²) < 4.78 is 1.73. The third-order valence-electron chi connectivity index (χ3n) is 5.81. The number of nitrogens with zero attached hydrogens (tertiary/aromatic N) is 4. The van der Waals surface area contributed by atoms with Crippen molar-refractivity contribution >= 4 is 5.91 Å². The monoisotopic (exact) mass is 374 g/mol. The van der Waals surface area contributed by atoms with Crippen molar-refractivity contribution in [3.8, 4) is 0 Å². The zero-order valence-corrected chi connectivity index (χ0v) is 16.2. The van der Waals surface area contributed by atoms with Crippen LogP contribution in [-0.2, 0) is 16.8 Å². The van der Waals surface area contributed by atoms with Crippen LogP contribution in [0.5, 0.6) is 0 Å². The Bertz CT molecular complexity index is 853. The van der Waals surface area contributed by atoms with Gasteiger partial charge in [0.1, 0.15) is 12.7 Å². The summed E-state index contributed by atoms with van der Waals surface area (Å²) in [5, 5.41) is 4.14. The van der Waals surface area contributed by atoms with E-state index in [-0.39, 0.29) is 17.2 Å². The van der Waals surface area contributed by atoms with Crippen LogP contribution < -0.4 is 0 Å². The molecule has 144 valence electrons. The molecule has 1 saturated heterocycles. The van der Waals surface area contributed by atoms with Crippen LogP contribution >= 0.6 is 0 Å². The highest BCUT2D eigenvalue weighted by molar-refractivity contribution is 5.79. The minimum atomic E-state index is -0.163. The number of rotatable bonds is 5. The van der Waals surface area contributed by atoms with E-state index in [4.69, 9.17) is 0 Å². The van der Waals surface area contributed by atoms with E-state index in [1.54, 1.807) is 11.0 Å². The number of aromatic nitrogens is 3. The number of hydrogen-bond donors (Lipinski definition) is 0. The Hall–Kier alpha value is -2.95. The zero-order chi connectivity index (χ0) is 19.4. The van der Waals surface area contributed by atoms with Crippen LogP contribution in [0.15, 0.2) is 73.3 Å². The molecule has 1 aromatic heterocycles. The van der Waals surface area contributed by atoms with Gasteiger partial charge in [0.05, 0.1) is 12.5 Å². The predicted molar refractivity (Wildman–Crippen MR) is 109 cm³/mol. The van der Waals surface area contributed by atoms with E-state index in [0.717, 1.165) is 19.4 Å². The Kier molecular flexibility index (Phi) is 5.24. The number of carbonyl (C=O) groups is 1. The molecule has 0 bridgehead atoms. The molecule has 0 unspecified atom stereocenters. The van der Waals surface area contributed by atoms with Crippen molar-refractivity contribution in [1.82, 2.24) is 19.7 Å². The van der Waals surface area contributed by atoms with Crippen LogP contribution in [0.2, 0.25) is 0 Å². The highest BCUT2D eigenvalue weighted by Crippen LogP contribution is 2.40. The van der Waals surface area contributed by atoms with Crippen molar-refractivity contribution in [3.63, 3.8) is 0 Å². The van der Waals surface area contributed by atoms with Gasteiger partial charge < -0.3 is 4.90 Å². The van der Waals surface area contributed by atoms with Gasteiger partial charge in [0.15, 0.2) is 0 Å². The Balaban J connectivity index is 1.62. The Morgan fingerprint density at radius 2 is 1.71 bits per heavy atom. The third kappa shape index (κ3) is 3.57. The number of amides is 1. The smallest absolute Gasteiger partial charge is 0.227 e. The van der Waals surface area contributed by atoms with Gasteiger partial charge in [-0.25, -0.2) is 4.98 Å². The van der Waals surface area contributed by atoms with Crippen molar-refractivity contribution in [2.45, 2.75) is 31.7 Å². The first-order valence-electron chi connectivity index (χ1n) is 9.91. The summed E-state index contributed by atoms with van der Waals surface area (Å²) in [5.41, 5.74) is 2.40. The largest absolute Gasteiger partial charge is 0.341 e. The highest BCUT2D eigenvalue weighted by atomic mass is 16.2. The molecule has 0 N–H and O–H groups in total. The van der Waals surface area contributed by atoms with Crippen molar-refractivity contribution < 1.29 is 4.79 Å². The van der Waals surface area contributed by atoms with Crippen LogP contribution in [0, 0.1) is 5.92 Å². The number of carbonyl (C=O) groups excluding carboxylic acids is 1. The first kappa shape index (κ1) is 18.4. The first-order valence-corrected chi connectivity index (χ1v) is 9.91.